The van der Waals surface area contributed by atoms with E-state index < -0.39 is 36.4 Å². The van der Waals surface area contributed by atoms with Crippen LogP contribution in [-0.4, -0.2) is 48.4 Å². The molecule has 2 aromatic carbocycles. The molecule has 0 fully saturated rings. The predicted molar refractivity (Wildman–Crippen MR) is 120 cm³/mol. The van der Waals surface area contributed by atoms with E-state index >= 15 is 0 Å². The van der Waals surface area contributed by atoms with Crippen LogP contribution in [0.3, 0.4) is 0 Å². The number of methoxy groups -OCH3 is 1. The van der Waals surface area contributed by atoms with Crippen LogP contribution in [0.2, 0.25) is 0 Å². The van der Waals surface area contributed by atoms with Crippen LogP contribution in [0.15, 0.2) is 71.3 Å². The monoisotopic (exact) mass is 462 g/mol. The highest BCUT2D eigenvalue weighted by atomic mass is 16.5. The summed E-state index contributed by atoms with van der Waals surface area (Å²) in [5.41, 5.74) is 2.47. The summed E-state index contributed by atoms with van der Waals surface area (Å²) >= 11 is 0. The van der Waals surface area contributed by atoms with Crippen LogP contribution in [0, 0.1) is 0 Å². The Labute approximate surface area is 195 Å². The van der Waals surface area contributed by atoms with Crippen molar-refractivity contribution in [1.29, 1.82) is 0 Å². The Morgan fingerprint density at radius 2 is 1.82 bits per heavy atom. The molecule has 9 nitrogen and oxygen atoms in total. The predicted octanol–water partition coefficient (Wildman–Crippen LogP) is 2.82. The number of ether oxygens (including phenoxy) is 2. The second-order valence-corrected chi connectivity index (χ2v) is 7.63. The standard InChI is InChI=1S/C25H22N2O7/c1-32-24(30)17-8-4-9-19(12-17)26-22(28)15-34-25(31)20-13-16-6-2-3-7-18(16)14-27(20)23(29)21-10-5-11-33-21/h2-12,20H,13-15H2,1H3,(H,26,28). The zero-order valence-electron chi connectivity index (χ0n) is 18.4. The average molecular weight is 462 g/mol. The van der Waals surface area contributed by atoms with Gasteiger partial charge in [-0.3, -0.25) is 9.59 Å². The quantitative estimate of drug-likeness (QED) is 0.560. The van der Waals surface area contributed by atoms with Crippen LogP contribution >= 0.6 is 0 Å². The van der Waals surface area contributed by atoms with Gasteiger partial charge in [-0.25, -0.2) is 9.59 Å². The van der Waals surface area contributed by atoms with Gasteiger partial charge in [-0.15, -0.1) is 0 Å². The number of fused-ring (bicyclic) bond motifs is 1. The van der Waals surface area contributed by atoms with E-state index in [1.165, 1.54) is 30.4 Å². The molecule has 1 N–H and O–H groups in total. The van der Waals surface area contributed by atoms with Crippen molar-refractivity contribution in [1.82, 2.24) is 4.90 Å². The molecule has 1 aliphatic heterocycles. The number of amides is 2. The van der Waals surface area contributed by atoms with Gasteiger partial charge in [-0.2, -0.15) is 0 Å². The maximum Gasteiger partial charge on any atom is 0.337 e. The van der Waals surface area contributed by atoms with Crippen molar-refractivity contribution in [2.45, 2.75) is 19.0 Å². The zero-order chi connectivity index (χ0) is 24.1. The molecule has 0 radical (unpaired) electrons. The Kier molecular flexibility index (Phi) is 6.72. The Morgan fingerprint density at radius 1 is 1.03 bits per heavy atom. The molecule has 1 atom stereocenters. The number of nitrogens with zero attached hydrogens (tertiary/aromatic N) is 1. The number of carbonyl (C=O) groups is 4. The zero-order valence-corrected chi connectivity index (χ0v) is 18.4. The van der Waals surface area contributed by atoms with Gasteiger partial charge in [0.2, 0.25) is 0 Å². The minimum absolute atomic E-state index is 0.111. The molecule has 0 saturated carbocycles. The summed E-state index contributed by atoms with van der Waals surface area (Å²) in [4.78, 5) is 51.3. The van der Waals surface area contributed by atoms with Crippen LogP contribution < -0.4 is 5.32 Å². The molecule has 1 unspecified atom stereocenters. The molecule has 9 heteroatoms. The molecule has 1 aliphatic rings. The Hall–Kier alpha value is -4.40. The number of nitrogens with one attached hydrogen (secondary N) is 1. The van der Waals surface area contributed by atoms with E-state index in [9.17, 15) is 19.2 Å². The van der Waals surface area contributed by atoms with Gasteiger partial charge in [0, 0.05) is 18.7 Å². The third-order valence-electron chi connectivity index (χ3n) is 5.43. The van der Waals surface area contributed by atoms with Gasteiger partial charge in [0.25, 0.3) is 11.8 Å². The largest absolute Gasteiger partial charge is 0.465 e. The number of hydrogen-bond donors (Lipinski definition) is 1. The van der Waals surface area contributed by atoms with Gasteiger partial charge in [0.05, 0.1) is 18.9 Å². The average Bonchev–Trinajstić information content (AvgIpc) is 3.41. The van der Waals surface area contributed by atoms with Crippen molar-refractivity contribution in [3.63, 3.8) is 0 Å². The first-order valence-corrected chi connectivity index (χ1v) is 10.5. The summed E-state index contributed by atoms with van der Waals surface area (Å²) in [7, 11) is 1.26. The molecule has 0 saturated heterocycles. The number of anilines is 1. The second kappa shape index (κ2) is 10.0. The molecule has 0 spiro atoms. The SMILES string of the molecule is COC(=O)c1cccc(NC(=O)COC(=O)C2Cc3ccccc3CN2C(=O)c2ccco2)c1. The molecule has 0 aliphatic carbocycles. The molecule has 0 bridgehead atoms. The molecule has 4 rings (SSSR count). The van der Waals surface area contributed by atoms with Crippen LogP contribution in [0.1, 0.15) is 32.0 Å². The van der Waals surface area contributed by atoms with Crippen molar-refractivity contribution >= 4 is 29.4 Å². The van der Waals surface area contributed by atoms with Gasteiger partial charge in [-0.1, -0.05) is 30.3 Å². The van der Waals surface area contributed by atoms with E-state index in [0.29, 0.717) is 5.69 Å². The smallest absolute Gasteiger partial charge is 0.337 e. The summed E-state index contributed by atoms with van der Waals surface area (Å²) in [6.45, 7) is -0.343. The van der Waals surface area contributed by atoms with Crippen LogP contribution in [0.25, 0.3) is 0 Å². The fourth-order valence-electron chi connectivity index (χ4n) is 3.76. The minimum atomic E-state index is -0.914. The molecule has 2 heterocycles. The Bertz CT molecular complexity index is 1220. The fraction of sp³-hybridized carbons (Fsp3) is 0.200. The summed E-state index contributed by atoms with van der Waals surface area (Å²) in [6.07, 6.45) is 1.64. The maximum atomic E-state index is 13.0. The summed E-state index contributed by atoms with van der Waals surface area (Å²) < 4.78 is 15.1. The third kappa shape index (κ3) is 4.98. The highest BCUT2D eigenvalue weighted by Gasteiger charge is 2.37. The number of hydrogen-bond acceptors (Lipinski definition) is 7. The molecular weight excluding hydrogens is 440 g/mol. The first kappa shape index (κ1) is 22.8. The Morgan fingerprint density at radius 3 is 2.56 bits per heavy atom. The van der Waals surface area contributed by atoms with E-state index in [0.717, 1.165) is 11.1 Å². The van der Waals surface area contributed by atoms with Crippen LogP contribution in [-0.2, 0) is 32.0 Å². The molecule has 2 amide bonds. The van der Waals surface area contributed by atoms with Crippen molar-refractivity contribution in [3.05, 3.63) is 89.4 Å². The molecule has 1 aromatic heterocycles. The van der Waals surface area contributed by atoms with Gasteiger partial charge in [-0.05, 0) is 41.5 Å². The lowest BCUT2D eigenvalue weighted by molar-refractivity contribution is -0.152. The van der Waals surface area contributed by atoms with Crippen LogP contribution in [0.5, 0.6) is 0 Å². The second-order valence-electron chi connectivity index (χ2n) is 7.63. The van der Waals surface area contributed by atoms with E-state index in [4.69, 9.17) is 9.15 Å². The maximum absolute atomic E-state index is 13.0. The van der Waals surface area contributed by atoms with E-state index in [2.05, 4.69) is 10.1 Å². The topological polar surface area (TPSA) is 115 Å². The van der Waals surface area contributed by atoms with Gasteiger partial charge < -0.3 is 24.1 Å². The first-order chi connectivity index (χ1) is 16.5. The number of esters is 2. The summed E-state index contributed by atoms with van der Waals surface area (Å²) in [6, 6.07) is 15.9. The lowest BCUT2D eigenvalue weighted by atomic mass is 9.93. The highest BCUT2D eigenvalue weighted by Crippen LogP contribution is 2.26. The first-order valence-electron chi connectivity index (χ1n) is 10.5. The van der Waals surface area contributed by atoms with Crippen molar-refractivity contribution < 1.29 is 33.1 Å². The molecule has 34 heavy (non-hydrogen) atoms. The normalized spacial score (nSPS) is 14.6. The lowest BCUT2D eigenvalue weighted by Gasteiger charge is -2.34. The minimum Gasteiger partial charge on any atom is -0.465 e. The summed E-state index contributed by atoms with van der Waals surface area (Å²) in [5.74, 6) is -2.16. The fourth-order valence-corrected chi connectivity index (χ4v) is 3.76. The van der Waals surface area contributed by atoms with Crippen molar-refractivity contribution in [2.75, 3.05) is 19.0 Å². The van der Waals surface area contributed by atoms with Gasteiger partial charge in [0.1, 0.15) is 6.04 Å². The van der Waals surface area contributed by atoms with Crippen molar-refractivity contribution in [3.8, 4) is 0 Å². The number of carbonyl (C=O) groups excluding carboxylic acids is 4. The van der Waals surface area contributed by atoms with E-state index in [-0.39, 0.29) is 24.3 Å². The third-order valence-corrected chi connectivity index (χ3v) is 5.43. The lowest BCUT2D eigenvalue weighted by Crippen LogP contribution is -2.49. The molecule has 3 aromatic rings. The molecular formula is C25H22N2O7. The van der Waals surface area contributed by atoms with E-state index in [1.54, 1.807) is 24.3 Å². The Balaban J connectivity index is 1.43. The summed E-state index contributed by atoms with van der Waals surface area (Å²) in [5, 5.41) is 2.57. The van der Waals surface area contributed by atoms with E-state index in [1.807, 2.05) is 24.3 Å². The number of benzene rings is 2. The molecule has 174 valence electrons. The van der Waals surface area contributed by atoms with Crippen LogP contribution in [0.4, 0.5) is 5.69 Å². The number of rotatable bonds is 6. The van der Waals surface area contributed by atoms with Gasteiger partial charge in [0.15, 0.2) is 12.4 Å². The van der Waals surface area contributed by atoms with Gasteiger partial charge >= 0.3 is 11.9 Å². The number of furan rings is 1. The van der Waals surface area contributed by atoms with Crippen molar-refractivity contribution in [2.24, 2.45) is 0 Å². The highest BCUT2D eigenvalue weighted by molar-refractivity contribution is 5.97.